The monoisotopic (exact) mass is 267 g/mol. The van der Waals surface area contributed by atoms with E-state index in [1.807, 2.05) is 29.2 Å². The summed E-state index contributed by atoms with van der Waals surface area (Å²) in [4.78, 5) is 22.6. The molecule has 1 aliphatic heterocycles. The summed E-state index contributed by atoms with van der Waals surface area (Å²) in [6.07, 6.45) is 8.50. The normalized spacial score (nSPS) is 15.1. The van der Waals surface area contributed by atoms with Gasteiger partial charge in [-0.25, -0.2) is 0 Å². The molecule has 0 unspecified atom stereocenters. The second-order valence-corrected chi connectivity index (χ2v) is 5.02. The largest absolute Gasteiger partial charge is 0.339 e. The summed E-state index contributed by atoms with van der Waals surface area (Å²) in [5, 5.41) is 0. The first-order chi connectivity index (χ1) is 9.84. The third kappa shape index (κ3) is 2.69. The van der Waals surface area contributed by atoms with Crippen LogP contribution in [0, 0.1) is 0 Å². The lowest BCUT2D eigenvalue weighted by Gasteiger charge is -2.26. The molecule has 0 spiro atoms. The van der Waals surface area contributed by atoms with Gasteiger partial charge >= 0.3 is 0 Å². The molecule has 20 heavy (non-hydrogen) atoms. The van der Waals surface area contributed by atoms with Gasteiger partial charge in [-0.15, -0.1) is 0 Å². The van der Waals surface area contributed by atoms with Gasteiger partial charge in [0.1, 0.15) is 0 Å². The molecule has 1 saturated heterocycles. The van der Waals surface area contributed by atoms with E-state index in [-0.39, 0.29) is 5.91 Å². The summed E-state index contributed by atoms with van der Waals surface area (Å²) in [7, 11) is 0. The van der Waals surface area contributed by atoms with E-state index in [1.54, 1.807) is 18.6 Å². The minimum Gasteiger partial charge on any atom is -0.339 e. The number of likely N-dealkylation sites (tertiary alicyclic amines) is 1. The van der Waals surface area contributed by atoms with E-state index in [0.717, 1.165) is 42.8 Å². The van der Waals surface area contributed by atoms with Gasteiger partial charge in [0.15, 0.2) is 0 Å². The molecule has 1 aromatic carbocycles. The first kappa shape index (κ1) is 12.8. The molecule has 0 N–H and O–H groups in total. The molecule has 0 bridgehead atoms. The Balaban J connectivity index is 1.77. The van der Waals surface area contributed by atoms with Gasteiger partial charge in [0, 0.05) is 36.6 Å². The number of benzene rings is 1. The molecule has 2 heterocycles. The number of amides is 1. The molecule has 1 aromatic heterocycles. The van der Waals surface area contributed by atoms with Crippen molar-refractivity contribution >= 4 is 5.91 Å². The van der Waals surface area contributed by atoms with Crippen LogP contribution in [0.2, 0.25) is 0 Å². The standard InChI is InChI=1S/C16H17N3O/c20-16(19-10-2-1-3-11-19)14-6-4-13(5-7-14)15-12-17-8-9-18-15/h4-9,12H,1-3,10-11H2. The zero-order valence-corrected chi connectivity index (χ0v) is 11.3. The van der Waals surface area contributed by atoms with E-state index in [9.17, 15) is 4.79 Å². The van der Waals surface area contributed by atoms with Gasteiger partial charge in [-0.2, -0.15) is 0 Å². The molecule has 0 aliphatic carbocycles. The van der Waals surface area contributed by atoms with E-state index < -0.39 is 0 Å². The van der Waals surface area contributed by atoms with Crippen molar-refractivity contribution in [1.29, 1.82) is 0 Å². The summed E-state index contributed by atoms with van der Waals surface area (Å²) in [5.74, 6) is 0.135. The van der Waals surface area contributed by atoms with E-state index in [2.05, 4.69) is 9.97 Å². The average molecular weight is 267 g/mol. The number of carbonyl (C=O) groups excluding carboxylic acids is 1. The van der Waals surface area contributed by atoms with Crippen molar-refractivity contribution in [2.75, 3.05) is 13.1 Å². The van der Waals surface area contributed by atoms with Gasteiger partial charge in [0.05, 0.1) is 11.9 Å². The van der Waals surface area contributed by atoms with Crippen LogP contribution in [-0.2, 0) is 0 Å². The molecule has 102 valence electrons. The Hall–Kier alpha value is -2.23. The predicted molar refractivity (Wildman–Crippen MR) is 77.2 cm³/mol. The van der Waals surface area contributed by atoms with E-state index in [0.29, 0.717) is 0 Å². The highest BCUT2D eigenvalue weighted by Crippen LogP contribution is 2.18. The van der Waals surface area contributed by atoms with Crippen molar-refractivity contribution < 1.29 is 4.79 Å². The predicted octanol–water partition coefficient (Wildman–Crippen LogP) is 2.77. The maximum Gasteiger partial charge on any atom is 0.253 e. The second-order valence-electron chi connectivity index (χ2n) is 5.02. The van der Waals surface area contributed by atoms with E-state index >= 15 is 0 Å². The van der Waals surface area contributed by atoms with Crippen LogP contribution >= 0.6 is 0 Å². The maximum atomic E-state index is 12.3. The summed E-state index contributed by atoms with van der Waals surface area (Å²) in [6, 6.07) is 7.62. The van der Waals surface area contributed by atoms with Crippen LogP contribution in [0.3, 0.4) is 0 Å². The lowest BCUT2D eigenvalue weighted by Crippen LogP contribution is -2.35. The van der Waals surface area contributed by atoms with Crippen LogP contribution in [0.1, 0.15) is 29.6 Å². The fourth-order valence-corrected chi connectivity index (χ4v) is 2.51. The van der Waals surface area contributed by atoms with Crippen molar-refractivity contribution in [2.45, 2.75) is 19.3 Å². The number of nitrogens with zero attached hydrogens (tertiary/aromatic N) is 3. The molecule has 4 heteroatoms. The van der Waals surface area contributed by atoms with Gasteiger partial charge in [0.25, 0.3) is 5.91 Å². The molecule has 0 saturated carbocycles. The smallest absolute Gasteiger partial charge is 0.253 e. The summed E-state index contributed by atoms with van der Waals surface area (Å²) in [6.45, 7) is 1.76. The Labute approximate surface area is 118 Å². The third-order valence-corrected chi connectivity index (χ3v) is 3.63. The van der Waals surface area contributed by atoms with Crippen LogP contribution in [0.25, 0.3) is 11.3 Å². The molecule has 1 amide bonds. The van der Waals surface area contributed by atoms with Gasteiger partial charge < -0.3 is 4.90 Å². The summed E-state index contributed by atoms with van der Waals surface area (Å²) >= 11 is 0. The Morgan fingerprint density at radius 1 is 1.00 bits per heavy atom. The van der Waals surface area contributed by atoms with Gasteiger partial charge in [0.2, 0.25) is 0 Å². The van der Waals surface area contributed by atoms with Gasteiger partial charge in [-0.3, -0.25) is 14.8 Å². The maximum absolute atomic E-state index is 12.3. The number of aromatic nitrogens is 2. The van der Waals surface area contributed by atoms with E-state index in [1.165, 1.54) is 6.42 Å². The molecule has 2 aromatic rings. The fraction of sp³-hybridized carbons (Fsp3) is 0.312. The number of rotatable bonds is 2. The van der Waals surface area contributed by atoms with Crippen molar-refractivity contribution in [3.05, 3.63) is 48.4 Å². The Morgan fingerprint density at radius 3 is 2.40 bits per heavy atom. The highest BCUT2D eigenvalue weighted by molar-refractivity contribution is 5.94. The highest BCUT2D eigenvalue weighted by atomic mass is 16.2. The average Bonchev–Trinajstić information content (AvgIpc) is 2.56. The SMILES string of the molecule is O=C(c1ccc(-c2cnccn2)cc1)N1CCCCC1. The Morgan fingerprint density at radius 2 is 1.75 bits per heavy atom. The lowest BCUT2D eigenvalue weighted by atomic mass is 10.1. The van der Waals surface area contributed by atoms with Crippen molar-refractivity contribution in [1.82, 2.24) is 14.9 Å². The molecular formula is C16H17N3O. The zero-order chi connectivity index (χ0) is 13.8. The zero-order valence-electron chi connectivity index (χ0n) is 11.3. The van der Waals surface area contributed by atoms with E-state index in [4.69, 9.17) is 0 Å². The van der Waals surface area contributed by atoms with Crippen LogP contribution in [0.5, 0.6) is 0 Å². The molecule has 4 nitrogen and oxygen atoms in total. The third-order valence-electron chi connectivity index (χ3n) is 3.63. The molecule has 1 aliphatic rings. The first-order valence-electron chi connectivity index (χ1n) is 7.00. The van der Waals surface area contributed by atoms with Crippen molar-refractivity contribution in [3.8, 4) is 11.3 Å². The van der Waals surface area contributed by atoms with Gasteiger partial charge in [-0.05, 0) is 31.4 Å². The molecule has 0 radical (unpaired) electrons. The van der Waals surface area contributed by atoms with Crippen molar-refractivity contribution in [3.63, 3.8) is 0 Å². The van der Waals surface area contributed by atoms with Crippen LogP contribution in [0.4, 0.5) is 0 Å². The highest BCUT2D eigenvalue weighted by Gasteiger charge is 2.17. The number of hydrogen-bond acceptors (Lipinski definition) is 3. The van der Waals surface area contributed by atoms with Crippen LogP contribution in [0.15, 0.2) is 42.9 Å². The lowest BCUT2D eigenvalue weighted by molar-refractivity contribution is 0.0724. The summed E-state index contributed by atoms with van der Waals surface area (Å²) < 4.78 is 0. The minimum atomic E-state index is 0.135. The van der Waals surface area contributed by atoms with Gasteiger partial charge in [-0.1, -0.05) is 12.1 Å². The molecule has 3 rings (SSSR count). The fourth-order valence-electron chi connectivity index (χ4n) is 2.51. The number of carbonyl (C=O) groups is 1. The molecule has 1 fully saturated rings. The first-order valence-corrected chi connectivity index (χ1v) is 7.00. The van der Waals surface area contributed by atoms with Crippen LogP contribution in [-0.4, -0.2) is 33.9 Å². The Bertz CT molecular complexity index is 574. The molecule has 0 atom stereocenters. The Kier molecular flexibility index (Phi) is 3.72. The summed E-state index contributed by atoms with van der Waals surface area (Å²) in [5.41, 5.74) is 2.55. The molecular weight excluding hydrogens is 250 g/mol. The quantitative estimate of drug-likeness (QED) is 0.840. The topological polar surface area (TPSA) is 46.1 Å². The second kappa shape index (κ2) is 5.82. The van der Waals surface area contributed by atoms with Crippen molar-refractivity contribution in [2.24, 2.45) is 0 Å². The minimum absolute atomic E-state index is 0.135. The number of hydrogen-bond donors (Lipinski definition) is 0. The van der Waals surface area contributed by atoms with Crippen LogP contribution < -0.4 is 0 Å². The number of piperidine rings is 1.